The molecule has 0 radical (unpaired) electrons. The van der Waals surface area contributed by atoms with Gasteiger partial charge >= 0.3 is 0 Å². The van der Waals surface area contributed by atoms with Gasteiger partial charge < -0.3 is 0 Å². The summed E-state index contributed by atoms with van der Waals surface area (Å²) in [5, 5.41) is 1.25. The van der Waals surface area contributed by atoms with Gasteiger partial charge in [-0.3, -0.25) is 0 Å². The van der Waals surface area contributed by atoms with Crippen LogP contribution in [-0.2, 0) is 7.05 Å². The molecule has 0 unspecified atom stereocenters. The number of halogens is 1. The van der Waals surface area contributed by atoms with E-state index in [4.69, 9.17) is 0 Å². The summed E-state index contributed by atoms with van der Waals surface area (Å²) in [4.78, 5) is 0. The average molecular weight is 219 g/mol. The smallest absolute Gasteiger partial charge is 0.195 e. The molecule has 0 atom stereocenters. The Hall–Kier alpha value is -0.0200. The molecule has 1 aromatic heterocycles. The lowest BCUT2D eigenvalue weighted by Crippen LogP contribution is -2.30. The Morgan fingerprint density at radius 3 is 2.70 bits per heavy atom. The van der Waals surface area contributed by atoms with Crippen LogP contribution in [0.15, 0.2) is 27.8 Å². The van der Waals surface area contributed by atoms with Crippen LogP contribution in [0.4, 0.5) is 0 Å². The summed E-state index contributed by atoms with van der Waals surface area (Å²) < 4.78 is 3.25. The third-order valence-electron chi connectivity index (χ3n) is 1.27. The van der Waals surface area contributed by atoms with Crippen LogP contribution in [0.2, 0.25) is 0 Å². The number of rotatable bonds is 1. The van der Waals surface area contributed by atoms with E-state index in [1.165, 1.54) is 5.03 Å². The van der Waals surface area contributed by atoms with Crippen LogP contribution in [0.25, 0.3) is 0 Å². The Labute approximate surface area is 73.6 Å². The van der Waals surface area contributed by atoms with Gasteiger partial charge in [0.05, 0.1) is 4.47 Å². The Morgan fingerprint density at radius 1 is 1.60 bits per heavy atom. The number of hydrogen-bond acceptors (Lipinski definition) is 1. The normalized spacial score (nSPS) is 9.90. The second kappa shape index (κ2) is 3.39. The summed E-state index contributed by atoms with van der Waals surface area (Å²) in [6.45, 7) is 0. The first-order valence-corrected chi connectivity index (χ1v) is 4.95. The molecule has 0 fully saturated rings. The van der Waals surface area contributed by atoms with Gasteiger partial charge in [0.25, 0.3) is 5.03 Å². The maximum absolute atomic E-state index is 3.47. The maximum Gasteiger partial charge on any atom is 0.253 e. The number of thioether (sulfide) groups is 1. The molecule has 0 saturated carbocycles. The van der Waals surface area contributed by atoms with E-state index in [2.05, 4.69) is 26.8 Å². The van der Waals surface area contributed by atoms with Crippen molar-refractivity contribution in [3.8, 4) is 0 Å². The van der Waals surface area contributed by atoms with Crippen LogP contribution in [0.3, 0.4) is 0 Å². The van der Waals surface area contributed by atoms with Crippen LogP contribution in [-0.4, -0.2) is 6.26 Å². The summed E-state index contributed by atoms with van der Waals surface area (Å²) in [6.07, 6.45) is 4.11. The van der Waals surface area contributed by atoms with E-state index in [1.54, 1.807) is 11.8 Å². The fraction of sp³-hybridized carbons (Fsp3) is 0.286. The molecule has 0 aliphatic carbocycles. The zero-order chi connectivity index (χ0) is 7.56. The number of nitrogens with zero attached hydrogens (tertiary/aromatic N) is 1. The van der Waals surface area contributed by atoms with Crippen molar-refractivity contribution in [1.82, 2.24) is 0 Å². The maximum atomic E-state index is 3.47. The highest BCUT2D eigenvalue weighted by molar-refractivity contribution is 9.10. The first-order chi connectivity index (χ1) is 4.75. The van der Waals surface area contributed by atoms with E-state index in [-0.39, 0.29) is 0 Å². The Morgan fingerprint density at radius 2 is 2.30 bits per heavy atom. The number of aromatic nitrogens is 1. The fourth-order valence-corrected chi connectivity index (χ4v) is 2.34. The van der Waals surface area contributed by atoms with E-state index >= 15 is 0 Å². The highest BCUT2D eigenvalue weighted by Gasteiger charge is 2.07. The van der Waals surface area contributed by atoms with Gasteiger partial charge in [0.15, 0.2) is 6.20 Å². The molecule has 0 aliphatic rings. The third-order valence-corrected chi connectivity index (χ3v) is 3.07. The SMILES string of the molecule is CSc1c(Br)ccc[n+]1C. The third kappa shape index (κ3) is 1.52. The summed E-state index contributed by atoms with van der Waals surface area (Å²) in [7, 11) is 2.04. The molecule has 0 spiro atoms. The Balaban J connectivity index is 3.17. The number of pyridine rings is 1. The predicted molar refractivity (Wildman–Crippen MR) is 47.1 cm³/mol. The molecule has 10 heavy (non-hydrogen) atoms. The molecule has 54 valence electrons. The van der Waals surface area contributed by atoms with Gasteiger partial charge in [0.2, 0.25) is 0 Å². The summed E-state index contributed by atoms with van der Waals surface area (Å²) in [5.74, 6) is 0. The molecule has 0 saturated heterocycles. The van der Waals surface area contributed by atoms with Crippen LogP contribution in [0.1, 0.15) is 0 Å². The van der Waals surface area contributed by atoms with E-state index in [0.717, 1.165) is 4.47 Å². The van der Waals surface area contributed by atoms with E-state index in [1.807, 2.05) is 25.4 Å². The molecule has 0 amide bonds. The molecule has 1 heterocycles. The highest BCUT2D eigenvalue weighted by atomic mass is 79.9. The molecular weight excluding hydrogens is 210 g/mol. The van der Waals surface area contributed by atoms with Crippen molar-refractivity contribution in [2.75, 3.05) is 6.26 Å². The second-order valence-corrected chi connectivity index (χ2v) is 3.63. The van der Waals surface area contributed by atoms with Crippen molar-refractivity contribution >= 4 is 27.7 Å². The molecule has 1 rings (SSSR count). The van der Waals surface area contributed by atoms with Gasteiger partial charge in [-0.2, -0.15) is 4.57 Å². The molecule has 0 aliphatic heterocycles. The molecule has 3 heteroatoms. The number of hydrogen-bond donors (Lipinski definition) is 0. The van der Waals surface area contributed by atoms with E-state index < -0.39 is 0 Å². The van der Waals surface area contributed by atoms with Gasteiger partial charge in [-0.1, -0.05) is 11.8 Å². The molecule has 1 nitrogen and oxygen atoms in total. The van der Waals surface area contributed by atoms with Crippen molar-refractivity contribution in [3.63, 3.8) is 0 Å². The van der Waals surface area contributed by atoms with E-state index in [0.29, 0.717) is 0 Å². The minimum absolute atomic E-state index is 1.16. The monoisotopic (exact) mass is 218 g/mol. The van der Waals surface area contributed by atoms with Gasteiger partial charge in [-0.25, -0.2) is 0 Å². The van der Waals surface area contributed by atoms with Crippen molar-refractivity contribution < 1.29 is 4.57 Å². The summed E-state index contributed by atoms with van der Waals surface area (Å²) in [6, 6.07) is 4.07. The first-order valence-electron chi connectivity index (χ1n) is 2.94. The van der Waals surface area contributed by atoms with Crippen LogP contribution in [0.5, 0.6) is 0 Å². The summed E-state index contributed by atoms with van der Waals surface area (Å²) >= 11 is 5.20. The van der Waals surface area contributed by atoms with Crippen LogP contribution in [0, 0.1) is 0 Å². The quantitative estimate of drug-likeness (QED) is 0.516. The van der Waals surface area contributed by atoms with Gasteiger partial charge in [-0.05, 0) is 28.3 Å². The Kier molecular flexibility index (Phi) is 2.74. The van der Waals surface area contributed by atoms with Gasteiger partial charge in [0.1, 0.15) is 7.05 Å². The van der Waals surface area contributed by atoms with Gasteiger partial charge in [-0.15, -0.1) is 0 Å². The molecule has 1 aromatic rings. The molecule has 0 aromatic carbocycles. The number of aryl methyl sites for hydroxylation is 1. The van der Waals surface area contributed by atoms with Crippen molar-refractivity contribution in [2.45, 2.75) is 5.03 Å². The zero-order valence-electron chi connectivity index (χ0n) is 5.97. The topological polar surface area (TPSA) is 3.88 Å². The highest BCUT2D eigenvalue weighted by Crippen LogP contribution is 2.20. The zero-order valence-corrected chi connectivity index (χ0v) is 8.37. The van der Waals surface area contributed by atoms with Crippen molar-refractivity contribution in [3.05, 3.63) is 22.8 Å². The Bertz CT molecular complexity index is 217. The molecule has 0 bridgehead atoms. The summed E-state index contributed by atoms with van der Waals surface area (Å²) in [5.41, 5.74) is 0. The molecular formula is C7H9BrNS+. The predicted octanol–water partition coefficient (Wildman–Crippen LogP) is 2.00. The van der Waals surface area contributed by atoms with Gasteiger partial charge in [0, 0.05) is 6.07 Å². The fourth-order valence-electron chi connectivity index (χ4n) is 0.806. The minimum atomic E-state index is 1.16. The van der Waals surface area contributed by atoms with E-state index in [9.17, 15) is 0 Å². The van der Waals surface area contributed by atoms with Crippen molar-refractivity contribution in [2.24, 2.45) is 7.05 Å². The first kappa shape index (κ1) is 8.08. The minimum Gasteiger partial charge on any atom is -0.195 e. The van der Waals surface area contributed by atoms with Crippen molar-refractivity contribution in [1.29, 1.82) is 0 Å². The lowest BCUT2D eigenvalue weighted by molar-refractivity contribution is -0.709. The van der Waals surface area contributed by atoms with Crippen LogP contribution < -0.4 is 4.57 Å². The average Bonchev–Trinajstić information content (AvgIpc) is 1.88. The molecule has 0 N–H and O–H groups in total. The standard InChI is InChI=1S/C7H9BrNS/c1-9-5-3-4-6(8)7(9)10-2/h3-5H,1-2H3/q+1. The lowest BCUT2D eigenvalue weighted by Gasteiger charge is -1.95. The lowest BCUT2D eigenvalue weighted by atomic mass is 10.5. The largest absolute Gasteiger partial charge is 0.253 e. The van der Waals surface area contributed by atoms with Crippen LogP contribution >= 0.6 is 27.7 Å². The second-order valence-electron chi connectivity index (χ2n) is 1.98.